The molecule has 0 saturated carbocycles. The lowest BCUT2D eigenvalue weighted by atomic mass is 10.1. The summed E-state index contributed by atoms with van der Waals surface area (Å²) in [6, 6.07) is 9.80. The summed E-state index contributed by atoms with van der Waals surface area (Å²) in [6.07, 6.45) is 0. The van der Waals surface area contributed by atoms with Gasteiger partial charge in [0.05, 0.1) is 17.8 Å². The number of rotatable bonds is 2. The van der Waals surface area contributed by atoms with Crippen molar-refractivity contribution in [1.82, 2.24) is 0 Å². The number of hydrogen-bond acceptors (Lipinski definition) is 2. The van der Waals surface area contributed by atoms with Crippen molar-refractivity contribution in [3.8, 4) is 0 Å². The Labute approximate surface area is 137 Å². The number of nitrogens with zero attached hydrogens (tertiary/aromatic N) is 1. The maximum absolute atomic E-state index is 13.4. The van der Waals surface area contributed by atoms with Crippen LogP contribution in [-0.4, -0.2) is 11.7 Å². The van der Waals surface area contributed by atoms with Gasteiger partial charge in [0.15, 0.2) is 0 Å². The van der Waals surface area contributed by atoms with Gasteiger partial charge in [-0.3, -0.25) is 14.5 Å². The zero-order valence-electron chi connectivity index (χ0n) is 10.6. The zero-order valence-corrected chi connectivity index (χ0v) is 13.7. The Morgan fingerprint density at radius 2 is 1.86 bits per heavy atom. The van der Waals surface area contributed by atoms with Crippen molar-refractivity contribution in [2.75, 3.05) is 4.90 Å². The molecule has 0 radical (unpaired) electrons. The predicted molar refractivity (Wildman–Crippen MR) is 83.8 cm³/mol. The van der Waals surface area contributed by atoms with Gasteiger partial charge in [-0.25, -0.2) is 4.39 Å². The molecule has 0 atom stereocenters. The first-order chi connectivity index (χ1) is 9.97. The number of carbonyl (C=O) groups excluding carboxylic acids is 2. The van der Waals surface area contributed by atoms with Crippen molar-refractivity contribution in [3.63, 3.8) is 0 Å². The molecule has 6 heteroatoms. The number of halogens is 3. The second kappa shape index (κ2) is 5.35. The Kier molecular flexibility index (Phi) is 3.67. The van der Waals surface area contributed by atoms with E-state index < -0.39 is 17.5 Å². The van der Waals surface area contributed by atoms with Gasteiger partial charge in [0.2, 0.25) is 0 Å². The minimum absolute atomic E-state index is 0.0990. The highest BCUT2D eigenvalue weighted by atomic mass is 79.9. The lowest BCUT2D eigenvalue weighted by molar-refractivity contribution is -0.114. The SMILES string of the molecule is O=C1C(=O)N(Cc2cccc(Br)c2)c2c(Br)cc(F)cc21. The van der Waals surface area contributed by atoms with Gasteiger partial charge in [-0.15, -0.1) is 0 Å². The van der Waals surface area contributed by atoms with Crippen LogP contribution in [0.15, 0.2) is 45.3 Å². The highest BCUT2D eigenvalue weighted by Crippen LogP contribution is 2.37. The van der Waals surface area contributed by atoms with Crippen LogP contribution in [0.4, 0.5) is 10.1 Å². The molecule has 1 aliphatic rings. The summed E-state index contributed by atoms with van der Waals surface area (Å²) in [4.78, 5) is 25.5. The number of ketones is 1. The predicted octanol–water partition coefficient (Wildman–Crippen LogP) is 4.08. The Hall–Kier alpha value is -1.53. The molecular weight excluding hydrogens is 405 g/mol. The highest BCUT2D eigenvalue weighted by Gasteiger charge is 2.37. The number of benzene rings is 2. The molecule has 1 heterocycles. The van der Waals surface area contributed by atoms with Crippen LogP contribution in [0.5, 0.6) is 0 Å². The van der Waals surface area contributed by atoms with Gasteiger partial charge in [0.25, 0.3) is 11.7 Å². The second-order valence-corrected chi connectivity index (χ2v) is 6.40. The largest absolute Gasteiger partial charge is 0.299 e. The standard InChI is InChI=1S/C15H8Br2FNO2/c16-9-3-1-2-8(4-9)7-19-13-11(14(20)15(19)21)5-10(18)6-12(13)17/h1-6H,7H2. The number of carbonyl (C=O) groups is 2. The average Bonchev–Trinajstić information content (AvgIpc) is 2.64. The van der Waals surface area contributed by atoms with Crippen LogP contribution >= 0.6 is 31.9 Å². The highest BCUT2D eigenvalue weighted by molar-refractivity contribution is 9.10. The van der Waals surface area contributed by atoms with Gasteiger partial charge in [-0.05, 0) is 45.8 Å². The van der Waals surface area contributed by atoms with Crippen molar-refractivity contribution in [2.45, 2.75) is 6.54 Å². The summed E-state index contributed by atoms with van der Waals surface area (Å²) in [7, 11) is 0. The Morgan fingerprint density at radius 3 is 2.57 bits per heavy atom. The lowest BCUT2D eigenvalue weighted by Crippen LogP contribution is -2.29. The first-order valence-corrected chi connectivity index (χ1v) is 7.65. The van der Waals surface area contributed by atoms with Crippen LogP contribution in [0.1, 0.15) is 15.9 Å². The summed E-state index contributed by atoms with van der Waals surface area (Å²) in [5.41, 5.74) is 1.39. The average molecular weight is 413 g/mol. The molecule has 0 aliphatic carbocycles. The molecular formula is C15H8Br2FNO2. The summed E-state index contributed by atoms with van der Waals surface area (Å²) in [6.45, 7) is 0.251. The van der Waals surface area contributed by atoms with Crippen LogP contribution in [0.2, 0.25) is 0 Å². The maximum atomic E-state index is 13.4. The Balaban J connectivity index is 2.05. The molecule has 0 bridgehead atoms. The van der Waals surface area contributed by atoms with Gasteiger partial charge in [0.1, 0.15) is 5.82 Å². The molecule has 0 fully saturated rings. The first-order valence-electron chi connectivity index (χ1n) is 6.07. The molecule has 3 rings (SSSR count). The minimum Gasteiger partial charge on any atom is -0.299 e. The fourth-order valence-corrected chi connectivity index (χ4v) is 3.41. The Bertz CT molecular complexity index is 776. The molecule has 0 saturated heterocycles. The van der Waals surface area contributed by atoms with E-state index in [1.54, 1.807) is 0 Å². The third kappa shape index (κ3) is 2.53. The summed E-state index contributed by atoms with van der Waals surface area (Å²) in [5, 5.41) is 0. The molecule has 0 spiro atoms. The van der Waals surface area contributed by atoms with Gasteiger partial charge in [0, 0.05) is 8.95 Å². The summed E-state index contributed by atoms with van der Waals surface area (Å²) >= 11 is 6.59. The number of fused-ring (bicyclic) bond motifs is 1. The van der Waals surface area contributed by atoms with Crippen molar-refractivity contribution in [3.05, 3.63) is 62.3 Å². The monoisotopic (exact) mass is 411 g/mol. The topological polar surface area (TPSA) is 37.4 Å². The molecule has 1 aliphatic heterocycles. The van der Waals surface area contributed by atoms with Gasteiger partial charge in [-0.1, -0.05) is 28.1 Å². The van der Waals surface area contributed by atoms with E-state index in [0.717, 1.165) is 16.1 Å². The molecule has 21 heavy (non-hydrogen) atoms. The van der Waals surface area contributed by atoms with Crippen LogP contribution in [0.25, 0.3) is 0 Å². The third-order valence-electron chi connectivity index (χ3n) is 3.21. The second-order valence-electron chi connectivity index (χ2n) is 4.63. The van der Waals surface area contributed by atoms with E-state index in [9.17, 15) is 14.0 Å². The maximum Gasteiger partial charge on any atom is 0.299 e. The van der Waals surface area contributed by atoms with Gasteiger partial charge >= 0.3 is 0 Å². The quantitative estimate of drug-likeness (QED) is 0.697. The molecule has 0 aromatic heterocycles. The fraction of sp³-hybridized carbons (Fsp3) is 0.0667. The number of hydrogen-bond donors (Lipinski definition) is 0. The van der Waals surface area contributed by atoms with Crippen molar-refractivity contribution in [1.29, 1.82) is 0 Å². The van der Waals surface area contributed by atoms with Crippen LogP contribution < -0.4 is 4.90 Å². The lowest BCUT2D eigenvalue weighted by Gasteiger charge is -2.18. The molecule has 0 unspecified atom stereocenters. The summed E-state index contributed by atoms with van der Waals surface area (Å²) in [5.74, 6) is -1.87. The van der Waals surface area contributed by atoms with E-state index in [1.165, 1.54) is 11.0 Å². The van der Waals surface area contributed by atoms with E-state index in [1.807, 2.05) is 24.3 Å². The van der Waals surface area contributed by atoms with Gasteiger partial charge in [-0.2, -0.15) is 0 Å². The molecule has 2 aromatic carbocycles. The van der Waals surface area contributed by atoms with Crippen LogP contribution in [0.3, 0.4) is 0 Å². The van der Waals surface area contributed by atoms with Crippen molar-refractivity contribution >= 4 is 49.2 Å². The van der Waals surface area contributed by atoms with Crippen LogP contribution in [-0.2, 0) is 11.3 Å². The number of anilines is 1. The van der Waals surface area contributed by atoms with E-state index in [0.29, 0.717) is 10.2 Å². The third-order valence-corrected chi connectivity index (χ3v) is 4.31. The smallest absolute Gasteiger partial charge is 0.299 e. The molecule has 1 amide bonds. The first kappa shape index (κ1) is 14.4. The number of amides is 1. The van der Waals surface area contributed by atoms with Crippen molar-refractivity contribution < 1.29 is 14.0 Å². The number of Topliss-reactive ketones (excluding diaryl/α,β-unsaturated/α-hetero) is 1. The molecule has 0 N–H and O–H groups in total. The van der Waals surface area contributed by atoms with Gasteiger partial charge < -0.3 is 0 Å². The summed E-state index contributed by atoms with van der Waals surface area (Å²) < 4.78 is 14.7. The molecule has 3 nitrogen and oxygen atoms in total. The van der Waals surface area contributed by atoms with Crippen LogP contribution in [0, 0.1) is 5.82 Å². The van der Waals surface area contributed by atoms with E-state index in [4.69, 9.17) is 0 Å². The zero-order chi connectivity index (χ0) is 15.1. The van der Waals surface area contributed by atoms with E-state index in [2.05, 4.69) is 31.9 Å². The van der Waals surface area contributed by atoms with E-state index in [-0.39, 0.29) is 12.1 Å². The van der Waals surface area contributed by atoms with Crippen molar-refractivity contribution in [2.24, 2.45) is 0 Å². The van der Waals surface area contributed by atoms with E-state index >= 15 is 0 Å². The molecule has 2 aromatic rings. The molecule has 106 valence electrons. The normalized spacial score (nSPS) is 13.8. The fourth-order valence-electron chi connectivity index (χ4n) is 2.32. The Morgan fingerprint density at radius 1 is 1.10 bits per heavy atom. The minimum atomic E-state index is -0.680.